The van der Waals surface area contributed by atoms with Gasteiger partial charge >= 0.3 is 13.7 Å². The van der Waals surface area contributed by atoms with Gasteiger partial charge in [-0.2, -0.15) is 9.65 Å². The summed E-state index contributed by atoms with van der Waals surface area (Å²) in [5.74, 6) is -1.15. The molecule has 4 aromatic rings. The van der Waals surface area contributed by atoms with E-state index in [-0.39, 0.29) is 17.9 Å². The van der Waals surface area contributed by atoms with Crippen molar-refractivity contribution in [2.24, 2.45) is 5.73 Å². The lowest BCUT2D eigenvalue weighted by Crippen LogP contribution is -2.46. The van der Waals surface area contributed by atoms with Crippen LogP contribution in [0.15, 0.2) is 97.3 Å². The van der Waals surface area contributed by atoms with Gasteiger partial charge in [0, 0.05) is 11.5 Å². The van der Waals surface area contributed by atoms with Gasteiger partial charge in [0.15, 0.2) is 18.5 Å². The highest BCUT2D eigenvalue weighted by molar-refractivity contribution is 7.52. The van der Waals surface area contributed by atoms with E-state index >= 15 is 0 Å². The molecule has 2 heterocycles. The zero-order valence-electron chi connectivity index (χ0n) is 23.8. The molecular weight excluding hydrogens is 589 g/mol. The number of amides is 1. The number of aliphatic hydroxyl groups excluding tert-OH is 2. The molecule has 5 rings (SSSR count). The first-order valence-electron chi connectivity index (χ1n) is 13.9. The van der Waals surface area contributed by atoms with E-state index in [9.17, 15) is 24.4 Å². The highest BCUT2D eigenvalue weighted by Gasteiger charge is 2.49. The molecular formula is C31H33N3O9P+. The van der Waals surface area contributed by atoms with Crippen molar-refractivity contribution in [3.63, 3.8) is 0 Å². The Morgan fingerprint density at radius 3 is 2.50 bits per heavy atom. The zero-order chi connectivity index (χ0) is 31.3. The van der Waals surface area contributed by atoms with Crippen molar-refractivity contribution in [1.29, 1.82) is 0 Å². The van der Waals surface area contributed by atoms with Crippen LogP contribution >= 0.6 is 7.75 Å². The lowest BCUT2D eigenvalue weighted by molar-refractivity contribution is -0.765. The summed E-state index contributed by atoms with van der Waals surface area (Å²) in [6.45, 7) is 0.974. The number of rotatable bonds is 12. The van der Waals surface area contributed by atoms with Crippen LogP contribution in [-0.4, -0.2) is 53.1 Å². The summed E-state index contributed by atoms with van der Waals surface area (Å²) in [5.41, 5.74) is 6.31. The number of hydrogen-bond donors (Lipinski definition) is 4. The first kappa shape index (κ1) is 31.3. The summed E-state index contributed by atoms with van der Waals surface area (Å²) < 4.78 is 38.5. The lowest BCUT2D eigenvalue weighted by Gasteiger charge is -2.25. The largest absolute Gasteiger partial charge is 0.460 e. The van der Waals surface area contributed by atoms with Gasteiger partial charge in [-0.15, -0.1) is 0 Å². The predicted octanol–water partition coefficient (Wildman–Crippen LogP) is 2.77. The molecule has 0 spiro atoms. The minimum Gasteiger partial charge on any atom is -0.460 e. The monoisotopic (exact) mass is 622 g/mol. The summed E-state index contributed by atoms with van der Waals surface area (Å²) in [6.07, 6.45) is -2.22. The third-order valence-corrected chi connectivity index (χ3v) is 8.67. The van der Waals surface area contributed by atoms with Crippen LogP contribution < -0.4 is 19.9 Å². The summed E-state index contributed by atoms with van der Waals surface area (Å²) in [6, 6.07) is 23.5. The fraction of sp³-hybridized carbons (Fsp3) is 0.258. The van der Waals surface area contributed by atoms with Crippen molar-refractivity contribution in [3.8, 4) is 5.75 Å². The van der Waals surface area contributed by atoms with Crippen molar-refractivity contribution >= 4 is 30.4 Å². The number of carbonyl (C=O) groups is 2. The number of nitrogens with one attached hydrogen (secondary N) is 1. The number of carbonyl (C=O) groups excluding carboxylic acids is 2. The molecule has 0 bridgehead atoms. The number of esters is 1. The Bertz CT molecular complexity index is 1670. The van der Waals surface area contributed by atoms with Gasteiger partial charge in [0.25, 0.3) is 12.1 Å². The molecule has 3 unspecified atom stereocenters. The molecule has 1 aromatic heterocycles. The average Bonchev–Trinajstić information content (AvgIpc) is 3.32. The van der Waals surface area contributed by atoms with Gasteiger partial charge in [-0.25, -0.2) is 4.57 Å². The first-order chi connectivity index (χ1) is 21.1. The molecule has 3 aromatic carbocycles. The van der Waals surface area contributed by atoms with Crippen LogP contribution in [0.5, 0.6) is 5.75 Å². The molecule has 1 amide bonds. The van der Waals surface area contributed by atoms with E-state index < -0.39 is 56.8 Å². The zero-order valence-corrected chi connectivity index (χ0v) is 24.7. The maximum Gasteiger partial charge on any atom is 0.459 e. The highest BCUT2D eigenvalue weighted by atomic mass is 31.2. The number of fused-ring (bicyclic) bond motifs is 1. The third kappa shape index (κ3) is 7.31. The number of ether oxygens (including phenoxy) is 2. The maximum atomic E-state index is 14.2. The predicted molar refractivity (Wildman–Crippen MR) is 158 cm³/mol. The Morgan fingerprint density at radius 1 is 1.00 bits per heavy atom. The van der Waals surface area contributed by atoms with Gasteiger partial charge in [-0.05, 0) is 30.0 Å². The molecule has 1 aliphatic heterocycles. The number of aromatic nitrogens is 1. The number of aliphatic hydroxyl groups is 2. The highest BCUT2D eigenvalue weighted by Crippen LogP contribution is 2.47. The molecule has 1 fully saturated rings. The Labute approximate surface area is 253 Å². The van der Waals surface area contributed by atoms with Gasteiger partial charge in [-0.1, -0.05) is 66.7 Å². The molecule has 1 aliphatic rings. The van der Waals surface area contributed by atoms with Crippen molar-refractivity contribution in [2.75, 3.05) is 6.61 Å². The summed E-state index contributed by atoms with van der Waals surface area (Å²) in [5, 5.41) is 25.6. The van der Waals surface area contributed by atoms with E-state index in [0.717, 1.165) is 10.9 Å². The molecule has 5 N–H and O–H groups in total. The second-order valence-electron chi connectivity index (χ2n) is 10.3. The van der Waals surface area contributed by atoms with Crippen LogP contribution in [0, 0.1) is 0 Å². The van der Waals surface area contributed by atoms with Gasteiger partial charge in [0.1, 0.15) is 36.2 Å². The summed E-state index contributed by atoms with van der Waals surface area (Å²) in [7, 11) is -4.35. The van der Waals surface area contributed by atoms with E-state index in [4.69, 9.17) is 24.3 Å². The summed E-state index contributed by atoms with van der Waals surface area (Å²) in [4.78, 5) is 24.5. The minimum absolute atomic E-state index is 0.0109. The second-order valence-corrected chi connectivity index (χ2v) is 12.0. The lowest BCUT2D eigenvalue weighted by atomic mass is 10.1. The molecule has 0 saturated carbocycles. The average molecular weight is 623 g/mol. The van der Waals surface area contributed by atoms with E-state index in [1.54, 1.807) is 42.5 Å². The molecule has 0 radical (unpaired) electrons. The van der Waals surface area contributed by atoms with Crippen molar-refractivity contribution in [1.82, 2.24) is 5.09 Å². The normalized spacial score (nSPS) is 21.8. The van der Waals surface area contributed by atoms with E-state index in [0.29, 0.717) is 5.39 Å². The van der Waals surface area contributed by atoms with Crippen LogP contribution in [0.4, 0.5) is 0 Å². The molecule has 44 heavy (non-hydrogen) atoms. The maximum absolute atomic E-state index is 14.2. The molecule has 13 heteroatoms. The fourth-order valence-corrected chi connectivity index (χ4v) is 6.24. The molecule has 12 nitrogen and oxygen atoms in total. The first-order valence-corrected chi connectivity index (χ1v) is 15.4. The van der Waals surface area contributed by atoms with Gasteiger partial charge in [0.2, 0.25) is 0 Å². The van der Waals surface area contributed by atoms with Crippen molar-refractivity contribution in [2.45, 2.75) is 44.1 Å². The fourth-order valence-electron chi connectivity index (χ4n) is 4.72. The SMILES string of the molecule is C[C@H](NP(=O)(OC[C@H]1O[C@@H]([n+]2cccc(C(N)=O)c2)C(O)C1O)Oc1cccc2ccccc12)C(=O)OCc1ccccc1. The Kier molecular flexibility index (Phi) is 9.70. The van der Waals surface area contributed by atoms with Crippen LogP contribution in [0.1, 0.15) is 29.1 Å². The van der Waals surface area contributed by atoms with Crippen LogP contribution in [0.3, 0.4) is 0 Å². The smallest absolute Gasteiger partial charge is 0.459 e. The van der Waals surface area contributed by atoms with Crippen molar-refractivity contribution < 1.29 is 47.5 Å². The van der Waals surface area contributed by atoms with Gasteiger partial charge in [-0.3, -0.25) is 14.1 Å². The molecule has 6 atom stereocenters. The van der Waals surface area contributed by atoms with E-state index in [2.05, 4.69) is 5.09 Å². The summed E-state index contributed by atoms with van der Waals surface area (Å²) >= 11 is 0. The number of nitrogens with two attached hydrogens (primary N) is 1. The molecule has 1 saturated heterocycles. The van der Waals surface area contributed by atoms with Gasteiger partial charge < -0.3 is 29.9 Å². The third-order valence-electron chi connectivity index (χ3n) is 7.04. The van der Waals surface area contributed by atoms with Crippen LogP contribution in [-0.2, 0) is 30.0 Å². The molecule has 0 aliphatic carbocycles. The van der Waals surface area contributed by atoms with Gasteiger partial charge in [0.05, 0.1) is 6.61 Å². The van der Waals surface area contributed by atoms with Crippen LogP contribution in [0.2, 0.25) is 0 Å². The second kappa shape index (κ2) is 13.6. The standard InChI is InChI=1S/C31H32N3O9P/c1-20(31(38)40-18-21-9-3-2-4-10-21)33-44(39,43-25-15-7-12-22-11-5-6-14-24(22)25)41-19-26-27(35)28(36)30(42-26)34-16-8-13-23(17-34)29(32)37/h2-17,20,26-28,30,35-36H,18-19H2,1H3,(H2-,32,33,37,39)/p+1/t20-,26+,27?,28?,30+,44?/m0/s1. The number of primary amides is 1. The van der Waals surface area contributed by atoms with Crippen molar-refractivity contribution in [3.05, 3.63) is 108 Å². The van der Waals surface area contributed by atoms with E-state index in [1.807, 2.05) is 36.4 Å². The quantitative estimate of drug-likeness (QED) is 0.105. The number of pyridine rings is 1. The van der Waals surface area contributed by atoms with Crippen LogP contribution in [0.25, 0.3) is 10.8 Å². The Balaban J connectivity index is 1.33. The minimum atomic E-state index is -4.35. The molecule has 230 valence electrons. The number of nitrogens with zero attached hydrogens (tertiary/aromatic N) is 1. The Hall–Kier alpha value is -4.16. The number of benzene rings is 3. The number of hydrogen-bond acceptors (Lipinski definition) is 9. The topological polar surface area (TPSA) is 171 Å². The Morgan fingerprint density at radius 2 is 1.73 bits per heavy atom. The van der Waals surface area contributed by atoms with E-state index in [1.165, 1.54) is 30.0 Å².